The fourth-order valence-corrected chi connectivity index (χ4v) is 4.12. The van der Waals surface area contributed by atoms with Crippen LogP contribution in [-0.4, -0.2) is 19.0 Å². The van der Waals surface area contributed by atoms with Crippen molar-refractivity contribution < 1.29 is 19.0 Å². The Morgan fingerprint density at radius 3 is 2.48 bits per heavy atom. The molecule has 1 aliphatic heterocycles. The summed E-state index contributed by atoms with van der Waals surface area (Å²) < 4.78 is 18.9. The van der Waals surface area contributed by atoms with E-state index in [1.807, 2.05) is 66.7 Å². The van der Waals surface area contributed by atoms with Crippen molar-refractivity contribution >= 4 is 63.1 Å². The van der Waals surface area contributed by atoms with E-state index in [2.05, 4.69) is 50.2 Å². The normalized spacial score (nSPS) is 14.4. The third-order valence-corrected chi connectivity index (χ3v) is 6.01. The van der Waals surface area contributed by atoms with E-state index in [0.29, 0.717) is 24.0 Å². The molecule has 31 heavy (non-hydrogen) atoms. The highest BCUT2D eigenvalue weighted by Gasteiger charge is 2.24. The van der Waals surface area contributed by atoms with Crippen molar-refractivity contribution in [1.29, 1.82) is 0 Å². The Morgan fingerprint density at radius 1 is 1.03 bits per heavy atom. The van der Waals surface area contributed by atoms with E-state index in [-0.39, 0.29) is 5.70 Å². The van der Waals surface area contributed by atoms with E-state index < -0.39 is 5.97 Å². The Kier molecular flexibility index (Phi) is 6.91. The molecule has 7 heteroatoms. The molecule has 0 amide bonds. The molecule has 0 saturated carbocycles. The summed E-state index contributed by atoms with van der Waals surface area (Å²) in [4.78, 5) is 16.7. The van der Waals surface area contributed by atoms with Crippen LogP contribution in [0.2, 0.25) is 0 Å². The van der Waals surface area contributed by atoms with Gasteiger partial charge in [-0.25, -0.2) is 9.79 Å². The summed E-state index contributed by atoms with van der Waals surface area (Å²) in [5.74, 6) is 1.07. The molecule has 0 bridgehead atoms. The third kappa shape index (κ3) is 5.27. The Balaban J connectivity index is 1.59. The lowest BCUT2D eigenvalue weighted by atomic mass is 10.1. The first-order chi connectivity index (χ1) is 15.0. The molecule has 0 radical (unpaired) electrons. The average molecular weight is 637 g/mol. The van der Waals surface area contributed by atoms with Crippen molar-refractivity contribution in [3.63, 3.8) is 0 Å². The van der Waals surface area contributed by atoms with E-state index >= 15 is 0 Å². The molecule has 0 atom stereocenters. The SMILES string of the molecule is COc1cc(/C=C2\N=C(c3ccc(I)cc3)OC2=O)cc(I)c1OCc1ccccc1. The Morgan fingerprint density at radius 2 is 1.77 bits per heavy atom. The monoisotopic (exact) mass is 637 g/mol. The maximum atomic E-state index is 12.3. The summed E-state index contributed by atoms with van der Waals surface area (Å²) in [5.41, 5.74) is 2.84. The van der Waals surface area contributed by atoms with Crippen molar-refractivity contribution in [1.82, 2.24) is 0 Å². The second kappa shape index (κ2) is 9.82. The van der Waals surface area contributed by atoms with Crippen molar-refractivity contribution in [2.45, 2.75) is 6.61 Å². The largest absolute Gasteiger partial charge is 0.493 e. The number of carbonyl (C=O) groups excluding carboxylic acids is 1. The molecule has 1 heterocycles. The zero-order valence-electron chi connectivity index (χ0n) is 16.5. The van der Waals surface area contributed by atoms with E-state index in [4.69, 9.17) is 14.2 Å². The molecule has 0 aromatic heterocycles. The Hall–Kier alpha value is -2.40. The fraction of sp³-hybridized carbons (Fsp3) is 0.0833. The molecule has 3 aromatic carbocycles. The van der Waals surface area contributed by atoms with Gasteiger partial charge in [-0.3, -0.25) is 0 Å². The highest BCUT2D eigenvalue weighted by molar-refractivity contribution is 14.1. The first-order valence-electron chi connectivity index (χ1n) is 9.36. The first-order valence-corrected chi connectivity index (χ1v) is 11.5. The number of aliphatic imine (C=N–C) groups is 1. The van der Waals surface area contributed by atoms with Crippen LogP contribution in [0.4, 0.5) is 0 Å². The molecule has 0 saturated heterocycles. The van der Waals surface area contributed by atoms with Gasteiger partial charge in [0.1, 0.15) is 6.61 Å². The number of ether oxygens (including phenoxy) is 3. The van der Waals surface area contributed by atoms with E-state index in [1.54, 1.807) is 13.2 Å². The predicted molar refractivity (Wildman–Crippen MR) is 136 cm³/mol. The second-order valence-corrected chi connectivity index (χ2v) is 9.06. The molecule has 156 valence electrons. The lowest BCUT2D eigenvalue weighted by Crippen LogP contribution is -2.05. The van der Waals surface area contributed by atoms with Gasteiger partial charge in [0.15, 0.2) is 17.2 Å². The summed E-state index contributed by atoms with van der Waals surface area (Å²) >= 11 is 4.42. The van der Waals surface area contributed by atoms with E-state index in [1.165, 1.54) is 0 Å². The highest BCUT2D eigenvalue weighted by Crippen LogP contribution is 2.35. The van der Waals surface area contributed by atoms with E-state index in [9.17, 15) is 4.79 Å². The minimum Gasteiger partial charge on any atom is -0.493 e. The van der Waals surface area contributed by atoms with Crippen LogP contribution in [0.3, 0.4) is 0 Å². The molecule has 0 aliphatic carbocycles. The quantitative estimate of drug-likeness (QED) is 0.194. The van der Waals surface area contributed by atoms with Crippen molar-refractivity contribution in [2.75, 3.05) is 7.11 Å². The van der Waals surface area contributed by atoms with Gasteiger partial charge in [-0.15, -0.1) is 0 Å². The van der Waals surface area contributed by atoms with Crippen LogP contribution >= 0.6 is 45.2 Å². The minimum absolute atomic E-state index is 0.240. The van der Waals surface area contributed by atoms with Crippen LogP contribution in [0, 0.1) is 7.14 Å². The smallest absolute Gasteiger partial charge is 0.363 e. The molecule has 4 rings (SSSR count). The third-order valence-electron chi connectivity index (χ3n) is 4.49. The molecular weight excluding hydrogens is 620 g/mol. The number of hydrogen-bond acceptors (Lipinski definition) is 5. The summed E-state index contributed by atoms with van der Waals surface area (Å²) in [5, 5.41) is 0. The van der Waals surface area contributed by atoms with Gasteiger partial charge in [-0.2, -0.15) is 0 Å². The summed E-state index contributed by atoms with van der Waals surface area (Å²) in [6.45, 7) is 0.434. The zero-order valence-corrected chi connectivity index (χ0v) is 20.8. The summed E-state index contributed by atoms with van der Waals surface area (Å²) in [6, 6.07) is 21.3. The Bertz CT molecular complexity index is 1170. The van der Waals surface area contributed by atoms with Gasteiger partial charge in [0, 0.05) is 9.13 Å². The number of rotatable bonds is 6. The predicted octanol–water partition coefficient (Wildman–Crippen LogP) is 5.83. The molecule has 5 nitrogen and oxygen atoms in total. The minimum atomic E-state index is -0.480. The van der Waals surface area contributed by atoms with Crippen LogP contribution in [-0.2, 0) is 16.1 Å². The lowest BCUT2D eigenvalue weighted by Gasteiger charge is -2.13. The number of cyclic esters (lactones) is 1. The number of nitrogens with zero attached hydrogens (tertiary/aromatic N) is 1. The standard InChI is InChI=1S/C24H17I2NO4/c1-29-21-13-16(11-19(26)22(21)30-14-15-5-3-2-4-6-15)12-20-24(28)31-23(27-20)17-7-9-18(25)10-8-17/h2-13H,14H2,1H3/b20-12-. The van der Waals surface area contributed by atoms with Gasteiger partial charge in [0.25, 0.3) is 0 Å². The van der Waals surface area contributed by atoms with Crippen LogP contribution in [0.1, 0.15) is 16.7 Å². The average Bonchev–Trinajstić information content (AvgIpc) is 3.14. The number of halogens is 2. The molecule has 1 aliphatic rings. The lowest BCUT2D eigenvalue weighted by molar-refractivity contribution is -0.129. The molecule has 0 spiro atoms. The fourth-order valence-electron chi connectivity index (χ4n) is 2.98. The molecule has 0 unspecified atom stereocenters. The molecule has 0 N–H and O–H groups in total. The van der Waals surface area contributed by atoms with Gasteiger partial charge in [-0.05, 0) is 98.8 Å². The summed E-state index contributed by atoms with van der Waals surface area (Å²) in [6.07, 6.45) is 1.69. The topological polar surface area (TPSA) is 57.1 Å². The molecular formula is C24H17I2NO4. The number of carbonyl (C=O) groups is 1. The number of benzene rings is 3. The number of esters is 1. The second-order valence-electron chi connectivity index (χ2n) is 6.65. The zero-order chi connectivity index (χ0) is 21.8. The van der Waals surface area contributed by atoms with Gasteiger partial charge in [0.2, 0.25) is 5.90 Å². The Labute approximate surface area is 207 Å². The molecule has 3 aromatic rings. The van der Waals surface area contributed by atoms with Crippen molar-refractivity contribution in [3.8, 4) is 11.5 Å². The number of hydrogen-bond donors (Lipinski definition) is 0. The van der Waals surface area contributed by atoms with Crippen molar-refractivity contribution in [2.24, 2.45) is 4.99 Å². The van der Waals surface area contributed by atoms with Gasteiger partial charge in [-0.1, -0.05) is 30.3 Å². The van der Waals surface area contributed by atoms with Crippen LogP contribution in [0.5, 0.6) is 11.5 Å². The molecule has 0 fully saturated rings. The van der Waals surface area contributed by atoms with E-state index in [0.717, 1.165) is 23.8 Å². The highest BCUT2D eigenvalue weighted by atomic mass is 127. The van der Waals surface area contributed by atoms with Gasteiger partial charge in [0.05, 0.1) is 10.7 Å². The van der Waals surface area contributed by atoms with Crippen LogP contribution in [0.25, 0.3) is 6.08 Å². The maximum Gasteiger partial charge on any atom is 0.363 e. The van der Waals surface area contributed by atoms with Gasteiger partial charge >= 0.3 is 5.97 Å². The van der Waals surface area contributed by atoms with Crippen LogP contribution < -0.4 is 9.47 Å². The number of methoxy groups -OCH3 is 1. The first kappa shape index (κ1) is 21.8. The van der Waals surface area contributed by atoms with Crippen LogP contribution in [0.15, 0.2) is 77.4 Å². The van der Waals surface area contributed by atoms with Crippen molar-refractivity contribution in [3.05, 3.63) is 96.3 Å². The van der Waals surface area contributed by atoms with Gasteiger partial charge < -0.3 is 14.2 Å². The summed E-state index contributed by atoms with van der Waals surface area (Å²) in [7, 11) is 1.59. The maximum absolute atomic E-state index is 12.3.